The summed E-state index contributed by atoms with van der Waals surface area (Å²) in [6.07, 6.45) is 2.87. The van der Waals surface area contributed by atoms with E-state index in [4.69, 9.17) is 27.8 Å². The molecule has 0 aliphatic rings. The summed E-state index contributed by atoms with van der Waals surface area (Å²) in [5.74, 6) is 0.362. The number of unbranched alkanes of at least 4 members (excludes halogenated alkanes) is 2. The Labute approximate surface area is 117 Å². The van der Waals surface area contributed by atoms with E-state index in [9.17, 15) is 4.79 Å². The lowest BCUT2D eigenvalue weighted by Crippen LogP contribution is -2.22. The highest BCUT2D eigenvalue weighted by molar-refractivity contribution is 6.30. The van der Waals surface area contributed by atoms with E-state index in [0.717, 1.165) is 19.3 Å². The fraction of sp³-hybridized carbons (Fsp3) is 0.385. The number of benzene rings is 1. The Balaban J connectivity index is 2.14. The fourth-order valence-corrected chi connectivity index (χ4v) is 1.58. The van der Waals surface area contributed by atoms with Crippen molar-refractivity contribution in [2.24, 2.45) is 16.5 Å². The average molecular weight is 284 g/mol. The summed E-state index contributed by atoms with van der Waals surface area (Å²) in [6, 6.07) is 6.69. The third-order valence-electron chi connectivity index (χ3n) is 2.38. The van der Waals surface area contributed by atoms with E-state index in [1.54, 1.807) is 24.3 Å². The zero-order valence-corrected chi connectivity index (χ0v) is 11.4. The van der Waals surface area contributed by atoms with Crippen molar-refractivity contribution in [3.63, 3.8) is 0 Å². The Bertz CT molecular complexity index is 428. The number of guanidine groups is 1. The van der Waals surface area contributed by atoms with Crippen molar-refractivity contribution < 1.29 is 9.53 Å². The summed E-state index contributed by atoms with van der Waals surface area (Å²) < 4.78 is 5.15. The van der Waals surface area contributed by atoms with Crippen LogP contribution in [0.3, 0.4) is 0 Å². The largest absolute Gasteiger partial charge is 0.427 e. The summed E-state index contributed by atoms with van der Waals surface area (Å²) in [5.41, 5.74) is 10.4. The monoisotopic (exact) mass is 283 g/mol. The molecule has 0 aromatic heterocycles. The molecule has 0 atom stereocenters. The number of nitrogens with zero attached hydrogens (tertiary/aromatic N) is 1. The summed E-state index contributed by atoms with van der Waals surface area (Å²) in [7, 11) is 0. The first-order valence-corrected chi connectivity index (χ1v) is 6.47. The molecule has 4 N–H and O–H groups in total. The smallest absolute Gasteiger partial charge is 0.311 e. The molecule has 1 rings (SSSR count). The molecule has 0 heterocycles. The van der Waals surface area contributed by atoms with Gasteiger partial charge in [-0.1, -0.05) is 18.0 Å². The van der Waals surface area contributed by atoms with Crippen molar-refractivity contribution in [1.82, 2.24) is 0 Å². The van der Waals surface area contributed by atoms with E-state index in [1.807, 2.05) is 0 Å². The second kappa shape index (κ2) is 8.37. The van der Waals surface area contributed by atoms with Crippen LogP contribution >= 0.6 is 11.6 Å². The van der Waals surface area contributed by atoms with Crippen molar-refractivity contribution in [3.05, 3.63) is 29.3 Å². The third kappa shape index (κ3) is 7.31. The molecule has 6 heteroatoms. The van der Waals surface area contributed by atoms with Crippen LogP contribution < -0.4 is 16.2 Å². The lowest BCUT2D eigenvalue weighted by Gasteiger charge is -2.04. The summed E-state index contributed by atoms with van der Waals surface area (Å²) in [4.78, 5) is 15.4. The molecular weight excluding hydrogens is 266 g/mol. The van der Waals surface area contributed by atoms with E-state index >= 15 is 0 Å². The lowest BCUT2D eigenvalue weighted by atomic mass is 10.2. The van der Waals surface area contributed by atoms with Gasteiger partial charge in [-0.25, -0.2) is 0 Å². The zero-order chi connectivity index (χ0) is 14.1. The minimum Gasteiger partial charge on any atom is -0.427 e. The molecule has 0 unspecified atom stereocenters. The molecule has 0 aliphatic carbocycles. The molecule has 0 fully saturated rings. The predicted octanol–water partition coefficient (Wildman–Crippen LogP) is 2.08. The maximum absolute atomic E-state index is 11.5. The molecule has 104 valence electrons. The van der Waals surface area contributed by atoms with Gasteiger partial charge in [-0.3, -0.25) is 9.79 Å². The molecule has 0 amide bonds. The zero-order valence-electron chi connectivity index (χ0n) is 10.6. The standard InChI is InChI=1S/C13H18ClN3O2/c14-10-5-7-11(8-6-10)19-12(18)4-2-1-3-9-17-13(15)16/h5-8H,1-4,9H2,(H4,15,16,17). The van der Waals surface area contributed by atoms with Crippen LogP contribution in [-0.4, -0.2) is 18.5 Å². The Kier molecular flexibility index (Phi) is 6.74. The number of hydrogen-bond donors (Lipinski definition) is 2. The lowest BCUT2D eigenvalue weighted by molar-refractivity contribution is -0.134. The van der Waals surface area contributed by atoms with Gasteiger partial charge in [0.05, 0.1) is 0 Å². The number of aliphatic imine (C=N–C) groups is 1. The topological polar surface area (TPSA) is 90.7 Å². The van der Waals surface area contributed by atoms with Gasteiger partial charge in [0.25, 0.3) is 0 Å². The van der Waals surface area contributed by atoms with Gasteiger partial charge >= 0.3 is 5.97 Å². The fourth-order valence-electron chi connectivity index (χ4n) is 1.45. The number of hydrogen-bond acceptors (Lipinski definition) is 3. The minimum absolute atomic E-state index is 0.0992. The summed E-state index contributed by atoms with van der Waals surface area (Å²) >= 11 is 5.73. The van der Waals surface area contributed by atoms with E-state index in [0.29, 0.717) is 23.7 Å². The van der Waals surface area contributed by atoms with Gasteiger partial charge in [0, 0.05) is 18.0 Å². The van der Waals surface area contributed by atoms with Crippen molar-refractivity contribution >= 4 is 23.5 Å². The van der Waals surface area contributed by atoms with E-state index in [-0.39, 0.29) is 11.9 Å². The Morgan fingerprint density at radius 3 is 2.47 bits per heavy atom. The van der Waals surface area contributed by atoms with Crippen LogP contribution in [0.15, 0.2) is 29.3 Å². The van der Waals surface area contributed by atoms with Crippen molar-refractivity contribution in [1.29, 1.82) is 0 Å². The molecule has 5 nitrogen and oxygen atoms in total. The normalized spacial score (nSPS) is 9.95. The minimum atomic E-state index is -0.246. The molecule has 1 aromatic rings. The summed E-state index contributed by atoms with van der Waals surface area (Å²) in [6.45, 7) is 0.592. The van der Waals surface area contributed by atoms with Crippen LogP contribution in [0.1, 0.15) is 25.7 Å². The average Bonchev–Trinajstić information content (AvgIpc) is 2.36. The first-order chi connectivity index (χ1) is 9.08. The number of halogens is 1. The van der Waals surface area contributed by atoms with Crippen molar-refractivity contribution in [2.45, 2.75) is 25.7 Å². The highest BCUT2D eigenvalue weighted by Gasteiger charge is 2.04. The van der Waals surface area contributed by atoms with Gasteiger partial charge in [-0.2, -0.15) is 0 Å². The van der Waals surface area contributed by atoms with Crippen molar-refractivity contribution in [3.8, 4) is 5.75 Å². The van der Waals surface area contributed by atoms with Crippen LogP contribution in [0.5, 0.6) is 5.75 Å². The maximum Gasteiger partial charge on any atom is 0.311 e. The maximum atomic E-state index is 11.5. The van der Waals surface area contributed by atoms with Crippen LogP contribution in [0.4, 0.5) is 0 Å². The van der Waals surface area contributed by atoms with Crippen LogP contribution in [0, 0.1) is 0 Å². The van der Waals surface area contributed by atoms with Gasteiger partial charge < -0.3 is 16.2 Å². The number of esters is 1. The predicted molar refractivity (Wildman–Crippen MR) is 76.2 cm³/mol. The van der Waals surface area contributed by atoms with Crippen LogP contribution in [0.25, 0.3) is 0 Å². The Morgan fingerprint density at radius 2 is 1.84 bits per heavy atom. The molecular formula is C13H18ClN3O2. The molecule has 0 radical (unpaired) electrons. The van der Waals surface area contributed by atoms with Gasteiger partial charge in [0.1, 0.15) is 5.75 Å². The molecule has 1 aromatic carbocycles. The molecule has 19 heavy (non-hydrogen) atoms. The highest BCUT2D eigenvalue weighted by Crippen LogP contribution is 2.16. The number of ether oxygens (including phenoxy) is 1. The number of nitrogens with two attached hydrogens (primary N) is 2. The molecule has 0 spiro atoms. The van der Waals surface area contributed by atoms with Crippen molar-refractivity contribution in [2.75, 3.05) is 6.54 Å². The Morgan fingerprint density at radius 1 is 1.16 bits per heavy atom. The van der Waals surface area contributed by atoms with E-state index in [1.165, 1.54) is 0 Å². The quantitative estimate of drug-likeness (QED) is 0.263. The summed E-state index contributed by atoms with van der Waals surface area (Å²) in [5, 5.41) is 0.611. The first kappa shape index (κ1) is 15.3. The van der Waals surface area contributed by atoms with Crippen LogP contribution in [-0.2, 0) is 4.79 Å². The molecule has 0 bridgehead atoms. The molecule has 0 saturated carbocycles. The second-order valence-electron chi connectivity index (χ2n) is 4.05. The number of carbonyl (C=O) groups excluding carboxylic acids is 1. The van der Waals surface area contributed by atoms with Gasteiger partial charge in [0.15, 0.2) is 5.96 Å². The van der Waals surface area contributed by atoms with Crippen LogP contribution in [0.2, 0.25) is 5.02 Å². The SMILES string of the molecule is NC(N)=NCCCCCC(=O)Oc1ccc(Cl)cc1. The van der Waals surface area contributed by atoms with E-state index in [2.05, 4.69) is 4.99 Å². The molecule has 0 aliphatic heterocycles. The number of carbonyl (C=O) groups is 1. The third-order valence-corrected chi connectivity index (χ3v) is 2.63. The van der Waals surface area contributed by atoms with E-state index < -0.39 is 0 Å². The number of rotatable bonds is 7. The molecule has 0 saturated heterocycles. The van der Waals surface area contributed by atoms with Gasteiger partial charge in [0.2, 0.25) is 0 Å². The Hall–Kier alpha value is -1.75. The first-order valence-electron chi connectivity index (χ1n) is 6.09. The van der Waals surface area contributed by atoms with Gasteiger partial charge in [-0.05, 0) is 37.1 Å². The van der Waals surface area contributed by atoms with Gasteiger partial charge in [-0.15, -0.1) is 0 Å². The highest BCUT2D eigenvalue weighted by atomic mass is 35.5. The second-order valence-corrected chi connectivity index (χ2v) is 4.48.